The number of carbonyl (C=O) groups is 2. The third-order valence-electron chi connectivity index (χ3n) is 5.06. The van der Waals surface area contributed by atoms with Crippen LogP contribution in [0.1, 0.15) is 13.8 Å². The Bertz CT molecular complexity index is 726. The van der Waals surface area contributed by atoms with E-state index in [0.29, 0.717) is 5.69 Å². The van der Waals surface area contributed by atoms with Gasteiger partial charge in [0.25, 0.3) is 0 Å². The SMILES string of the molecule is CC(C)=C1[C@@H]2C=C[C@@H]1[C@H]1C(=O)N(c3cccc(I)c3)C(=O)[C@@H]12. The molecule has 1 saturated heterocycles. The minimum atomic E-state index is -0.203. The molecule has 0 N–H and O–H groups in total. The third kappa shape index (κ3) is 1.73. The number of fused-ring (bicyclic) bond motifs is 5. The van der Waals surface area contributed by atoms with Crippen molar-refractivity contribution in [1.82, 2.24) is 0 Å². The van der Waals surface area contributed by atoms with Gasteiger partial charge in [-0.2, -0.15) is 0 Å². The molecule has 4 atom stereocenters. The summed E-state index contributed by atoms with van der Waals surface area (Å²) in [5.74, 6) is -0.246. The molecule has 1 heterocycles. The predicted molar refractivity (Wildman–Crippen MR) is 93.1 cm³/mol. The van der Waals surface area contributed by atoms with E-state index in [1.807, 2.05) is 24.3 Å². The third-order valence-corrected chi connectivity index (χ3v) is 5.73. The first kappa shape index (κ1) is 14.2. The summed E-state index contributed by atoms with van der Waals surface area (Å²) in [5, 5.41) is 0. The maximum atomic E-state index is 12.9. The lowest BCUT2D eigenvalue weighted by molar-refractivity contribution is -0.122. The Labute approximate surface area is 143 Å². The molecule has 1 aromatic carbocycles. The minimum Gasteiger partial charge on any atom is -0.274 e. The van der Waals surface area contributed by atoms with Crippen LogP contribution in [0.3, 0.4) is 0 Å². The largest absolute Gasteiger partial charge is 0.274 e. The smallest absolute Gasteiger partial charge is 0.238 e. The van der Waals surface area contributed by atoms with Crippen LogP contribution in [-0.2, 0) is 9.59 Å². The van der Waals surface area contributed by atoms with Crippen LogP contribution in [-0.4, -0.2) is 11.8 Å². The average Bonchev–Trinajstić information content (AvgIpc) is 3.09. The van der Waals surface area contributed by atoms with Crippen molar-refractivity contribution in [2.75, 3.05) is 4.90 Å². The maximum Gasteiger partial charge on any atom is 0.238 e. The Hall–Kier alpha value is -1.43. The van der Waals surface area contributed by atoms with Crippen molar-refractivity contribution in [3.63, 3.8) is 0 Å². The normalized spacial score (nSPS) is 32.1. The fourth-order valence-corrected chi connectivity index (χ4v) is 4.83. The van der Waals surface area contributed by atoms with Crippen molar-refractivity contribution in [1.29, 1.82) is 0 Å². The topological polar surface area (TPSA) is 37.4 Å². The molecule has 1 saturated carbocycles. The van der Waals surface area contributed by atoms with E-state index in [0.717, 1.165) is 3.57 Å². The summed E-state index contributed by atoms with van der Waals surface area (Å²) in [7, 11) is 0. The highest BCUT2D eigenvalue weighted by molar-refractivity contribution is 14.1. The lowest BCUT2D eigenvalue weighted by Gasteiger charge is -2.19. The number of hydrogen-bond acceptors (Lipinski definition) is 2. The van der Waals surface area contributed by atoms with Crippen LogP contribution >= 0.6 is 22.6 Å². The van der Waals surface area contributed by atoms with E-state index < -0.39 is 0 Å². The van der Waals surface area contributed by atoms with Crippen molar-refractivity contribution >= 4 is 40.1 Å². The highest BCUT2D eigenvalue weighted by Gasteiger charge is 2.61. The van der Waals surface area contributed by atoms with Gasteiger partial charge in [-0.3, -0.25) is 9.59 Å². The number of anilines is 1. The molecule has 4 rings (SSSR count). The zero-order valence-electron chi connectivity index (χ0n) is 12.4. The number of allylic oxidation sites excluding steroid dienone is 4. The highest BCUT2D eigenvalue weighted by atomic mass is 127. The van der Waals surface area contributed by atoms with E-state index in [1.54, 1.807) is 0 Å². The first-order chi connectivity index (χ1) is 10.5. The van der Waals surface area contributed by atoms with Gasteiger partial charge >= 0.3 is 0 Å². The van der Waals surface area contributed by atoms with E-state index in [2.05, 4.69) is 48.6 Å². The number of rotatable bonds is 1. The Morgan fingerprint density at radius 1 is 1.05 bits per heavy atom. The second-order valence-electron chi connectivity index (χ2n) is 6.44. The van der Waals surface area contributed by atoms with Gasteiger partial charge in [-0.15, -0.1) is 0 Å². The first-order valence-electron chi connectivity index (χ1n) is 7.49. The lowest BCUT2D eigenvalue weighted by Crippen LogP contribution is -2.33. The summed E-state index contributed by atoms with van der Waals surface area (Å²) in [6.45, 7) is 4.16. The summed E-state index contributed by atoms with van der Waals surface area (Å²) in [6.07, 6.45) is 4.25. The van der Waals surface area contributed by atoms with Gasteiger partial charge in [0.05, 0.1) is 17.5 Å². The van der Waals surface area contributed by atoms with Crippen molar-refractivity contribution in [2.24, 2.45) is 23.7 Å². The van der Waals surface area contributed by atoms with Gasteiger partial charge in [-0.1, -0.05) is 29.4 Å². The van der Waals surface area contributed by atoms with Crippen LogP contribution in [0.25, 0.3) is 0 Å². The van der Waals surface area contributed by atoms with Gasteiger partial charge in [-0.05, 0) is 54.6 Å². The fourth-order valence-electron chi connectivity index (χ4n) is 4.30. The number of amides is 2. The van der Waals surface area contributed by atoms with Crippen LogP contribution in [0.2, 0.25) is 0 Å². The molecule has 2 aliphatic carbocycles. The van der Waals surface area contributed by atoms with Crippen LogP contribution in [0.15, 0.2) is 47.6 Å². The summed E-state index contributed by atoms with van der Waals surface area (Å²) in [5.41, 5.74) is 3.24. The molecular weight excluding hydrogens is 389 g/mol. The van der Waals surface area contributed by atoms with Gasteiger partial charge < -0.3 is 0 Å². The number of nitrogens with zero attached hydrogens (tertiary/aromatic N) is 1. The lowest BCUT2D eigenvalue weighted by atomic mass is 9.85. The number of halogens is 1. The zero-order valence-corrected chi connectivity index (χ0v) is 14.6. The summed E-state index contributed by atoms with van der Waals surface area (Å²) < 4.78 is 1.03. The van der Waals surface area contributed by atoms with Gasteiger partial charge in [0.2, 0.25) is 11.8 Å². The van der Waals surface area contributed by atoms with Crippen molar-refractivity contribution < 1.29 is 9.59 Å². The van der Waals surface area contributed by atoms with E-state index in [1.165, 1.54) is 16.0 Å². The molecule has 2 bridgehead atoms. The number of hydrogen-bond donors (Lipinski definition) is 0. The molecule has 0 aromatic heterocycles. The summed E-state index contributed by atoms with van der Waals surface area (Å²) in [4.78, 5) is 27.2. The highest BCUT2D eigenvalue weighted by Crippen LogP contribution is 2.57. The molecule has 0 spiro atoms. The van der Waals surface area contributed by atoms with Gasteiger partial charge in [0, 0.05) is 15.4 Å². The van der Waals surface area contributed by atoms with E-state index >= 15 is 0 Å². The standard InChI is InChI=1S/C18H16INO2/c1-9(2)14-12-6-7-13(14)16-15(12)17(21)20(18(16)22)11-5-3-4-10(19)8-11/h3-8,12-13,15-16H,1-2H3/t12-,13-,15+,16+/m0/s1. The van der Waals surface area contributed by atoms with Gasteiger partial charge in [0.1, 0.15) is 0 Å². The number of benzene rings is 1. The van der Waals surface area contributed by atoms with Crippen molar-refractivity contribution in [3.05, 3.63) is 51.1 Å². The van der Waals surface area contributed by atoms with E-state index in [4.69, 9.17) is 0 Å². The molecule has 2 amide bonds. The fraction of sp³-hybridized carbons (Fsp3) is 0.333. The average molecular weight is 405 g/mol. The Balaban J connectivity index is 1.78. The first-order valence-corrected chi connectivity index (χ1v) is 8.57. The van der Waals surface area contributed by atoms with Crippen LogP contribution < -0.4 is 4.90 Å². The van der Waals surface area contributed by atoms with Gasteiger partial charge in [0.15, 0.2) is 0 Å². The number of carbonyl (C=O) groups excluding carboxylic acids is 2. The molecule has 1 aromatic rings. The van der Waals surface area contributed by atoms with Crippen molar-refractivity contribution in [3.8, 4) is 0 Å². The Kier molecular flexibility index (Phi) is 3.08. The molecule has 1 aliphatic heterocycles. The zero-order chi connectivity index (χ0) is 15.6. The maximum absolute atomic E-state index is 12.9. The molecule has 0 unspecified atom stereocenters. The molecular formula is C18H16INO2. The minimum absolute atomic E-state index is 0.0346. The Morgan fingerprint density at radius 2 is 1.64 bits per heavy atom. The molecule has 4 heteroatoms. The molecule has 3 aliphatic rings. The molecule has 0 radical (unpaired) electrons. The second kappa shape index (κ2) is 4.78. The van der Waals surface area contributed by atoms with Crippen LogP contribution in [0.5, 0.6) is 0 Å². The van der Waals surface area contributed by atoms with E-state index in [9.17, 15) is 9.59 Å². The van der Waals surface area contributed by atoms with Crippen LogP contribution in [0, 0.1) is 27.2 Å². The Morgan fingerprint density at radius 3 is 2.14 bits per heavy atom. The quantitative estimate of drug-likeness (QED) is 0.407. The second-order valence-corrected chi connectivity index (χ2v) is 7.68. The molecule has 22 heavy (non-hydrogen) atoms. The summed E-state index contributed by atoms with van der Waals surface area (Å²) >= 11 is 2.20. The molecule has 2 fully saturated rings. The van der Waals surface area contributed by atoms with Crippen LogP contribution in [0.4, 0.5) is 5.69 Å². The van der Waals surface area contributed by atoms with E-state index in [-0.39, 0.29) is 35.5 Å². The summed E-state index contributed by atoms with van der Waals surface area (Å²) in [6, 6.07) is 7.59. The predicted octanol–water partition coefficient (Wildman–Crippen LogP) is 3.55. The van der Waals surface area contributed by atoms with Gasteiger partial charge in [-0.25, -0.2) is 4.90 Å². The van der Waals surface area contributed by atoms with Crippen molar-refractivity contribution in [2.45, 2.75) is 13.8 Å². The molecule has 3 nitrogen and oxygen atoms in total. The molecule has 112 valence electrons. The number of imide groups is 1. The monoisotopic (exact) mass is 405 g/mol.